The van der Waals surface area contributed by atoms with E-state index in [9.17, 15) is 0 Å². The molecule has 0 aliphatic rings. The van der Waals surface area contributed by atoms with Gasteiger partial charge in [0.25, 0.3) is 0 Å². The van der Waals surface area contributed by atoms with Gasteiger partial charge in [-0.05, 0) is 111 Å². The van der Waals surface area contributed by atoms with Crippen LogP contribution >= 0.6 is 0 Å². The minimum atomic E-state index is 0.596. The summed E-state index contributed by atoms with van der Waals surface area (Å²) in [4.78, 5) is 15.3. The van der Waals surface area contributed by atoms with Crippen LogP contribution in [0.5, 0.6) is 0 Å². The molecule has 5 heteroatoms. The number of aromatic nitrogens is 3. The number of hydrogen-bond acceptors (Lipinski definition) is 5. The zero-order chi connectivity index (χ0) is 41.0. The van der Waals surface area contributed by atoms with E-state index in [4.69, 9.17) is 23.8 Å². The maximum Gasteiger partial charge on any atom is 0.164 e. The SMILES string of the molecule is c1ccc(-c2nc(-c3ccccc3)nc(-c3cc(-c4cccc(-c5ccc6c(c5)oc5ccccc56)c4)cc(-c4cccc(-c5ccc6c(c5)oc5ccccc56)c4)c3)n2)cc1. The molecular weight excluding hydrogens is 759 g/mol. The van der Waals surface area contributed by atoms with Crippen LogP contribution in [0.1, 0.15) is 0 Å². The fraction of sp³-hybridized carbons (Fsp3) is 0. The summed E-state index contributed by atoms with van der Waals surface area (Å²) in [6.07, 6.45) is 0. The van der Waals surface area contributed by atoms with Crippen molar-refractivity contribution in [1.82, 2.24) is 15.0 Å². The van der Waals surface area contributed by atoms with Crippen LogP contribution in [-0.2, 0) is 0 Å². The highest BCUT2D eigenvalue weighted by Gasteiger charge is 2.17. The van der Waals surface area contributed by atoms with Crippen molar-refractivity contribution in [3.63, 3.8) is 0 Å². The third-order valence-electron chi connectivity index (χ3n) is 11.7. The van der Waals surface area contributed by atoms with Crippen molar-refractivity contribution >= 4 is 43.9 Å². The Balaban J connectivity index is 1.02. The van der Waals surface area contributed by atoms with E-state index in [0.717, 1.165) is 105 Å². The first-order valence-corrected chi connectivity index (χ1v) is 20.7. The predicted molar refractivity (Wildman–Crippen MR) is 252 cm³/mol. The number of rotatable bonds is 7. The summed E-state index contributed by atoms with van der Waals surface area (Å²) in [5.74, 6) is 1.83. The second-order valence-electron chi connectivity index (χ2n) is 15.6. The maximum absolute atomic E-state index is 6.29. The lowest BCUT2D eigenvalue weighted by Gasteiger charge is -2.14. The van der Waals surface area contributed by atoms with Crippen molar-refractivity contribution in [2.45, 2.75) is 0 Å². The van der Waals surface area contributed by atoms with Gasteiger partial charge in [0.05, 0.1) is 0 Å². The number of hydrogen-bond donors (Lipinski definition) is 0. The zero-order valence-electron chi connectivity index (χ0n) is 33.4. The lowest BCUT2D eigenvalue weighted by Crippen LogP contribution is -2.00. The van der Waals surface area contributed by atoms with Gasteiger partial charge in [-0.3, -0.25) is 0 Å². The maximum atomic E-state index is 6.29. The third kappa shape index (κ3) is 6.40. The standard InChI is InChI=1S/C57H35N3O2/c1-3-13-36(14-4-1)55-58-56(37-15-5-2-6-16-37)60-57(59-55)46-32-44(40-19-11-17-38(29-40)42-25-27-49-47-21-7-9-23-51(47)61-53(49)34-42)31-45(33-46)41-20-12-18-39(30-41)43-26-28-50-48-22-8-10-24-52(48)62-54(50)35-43/h1-35H. The molecule has 12 aromatic rings. The molecule has 0 fully saturated rings. The molecule has 0 saturated carbocycles. The van der Waals surface area contributed by atoms with Crippen LogP contribution in [0.15, 0.2) is 221 Å². The molecule has 9 aromatic carbocycles. The largest absolute Gasteiger partial charge is 0.456 e. The van der Waals surface area contributed by atoms with Crippen LogP contribution in [0.4, 0.5) is 0 Å². The van der Waals surface area contributed by atoms with Gasteiger partial charge in [-0.2, -0.15) is 0 Å². The lowest BCUT2D eigenvalue weighted by atomic mass is 9.92. The molecule has 0 spiro atoms. The molecule has 0 aliphatic carbocycles. The molecule has 0 bridgehead atoms. The second kappa shape index (κ2) is 14.7. The van der Waals surface area contributed by atoms with Gasteiger partial charge < -0.3 is 8.83 Å². The first kappa shape index (κ1) is 35.5. The Hall–Kier alpha value is -8.41. The highest BCUT2D eigenvalue weighted by Crippen LogP contribution is 2.38. The second-order valence-corrected chi connectivity index (χ2v) is 15.6. The minimum absolute atomic E-state index is 0.596. The molecular formula is C57H35N3O2. The summed E-state index contributed by atoms with van der Waals surface area (Å²) in [5.41, 5.74) is 14.8. The van der Waals surface area contributed by atoms with Gasteiger partial charge in [0, 0.05) is 38.2 Å². The minimum Gasteiger partial charge on any atom is -0.456 e. The smallest absolute Gasteiger partial charge is 0.164 e. The Morgan fingerprint density at radius 3 is 1.00 bits per heavy atom. The predicted octanol–water partition coefficient (Wildman–Crippen LogP) is 15.3. The summed E-state index contributed by atoms with van der Waals surface area (Å²) < 4.78 is 12.6. The van der Waals surface area contributed by atoms with E-state index < -0.39 is 0 Å². The van der Waals surface area contributed by atoms with Crippen LogP contribution < -0.4 is 0 Å². The van der Waals surface area contributed by atoms with Crippen molar-refractivity contribution in [2.24, 2.45) is 0 Å². The Morgan fingerprint density at radius 2 is 0.532 bits per heavy atom. The van der Waals surface area contributed by atoms with E-state index in [-0.39, 0.29) is 0 Å². The number of para-hydroxylation sites is 2. The molecule has 0 amide bonds. The molecule has 0 atom stereocenters. The highest BCUT2D eigenvalue weighted by atomic mass is 16.3. The van der Waals surface area contributed by atoms with Crippen LogP contribution in [0, 0.1) is 0 Å². The van der Waals surface area contributed by atoms with Gasteiger partial charge in [0.1, 0.15) is 22.3 Å². The monoisotopic (exact) mass is 793 g/mol. The molecule has 290 valence electrons. The topological polar surface area (TPSA) is 65.0 Å². The quantitative estimate of drug-likeness (QED) is 0.161. The number of fused-ring (bicyclic) bond motifs is 6. The Kier molecular flexibility index (Phi) is 8.42. The average molecular weight is 794 g/mol. The van der Waals surface area contributed by atoms with Crippen LogP contribution in [-0.4, -0.2) is 15.0 Å². The fourth-order valence-electron chi connectivity index (χ4n) is 8.60. The van der Waals surface area contributed by atoms with E-state index in [2.05, 4.69) is 127 Å². The van der Waals surface area contributed by atoms with Crippen molar-refractivity contribution in [3.05, 3.63) is 212 Å². The van der Waals surface area contributed by atoms with Crippen molar-refractivity contribution in [2.75, 3.05) is 0 Å². The zero-order valence-corrected chi connectivity index (χ0v) is 33.4. The summed E-state index contributed by atoms with van der Waals surface area (Å²) in [6.45, 7) is 0. The summed E-state index contributed by atoms with van der Waals surface area (Å²) in [6, 6.07) is 73.7. The molecule has 3 aromatic heterocycles. The van der Waals surface area contributed by atoms with Crippen LogP contribution in [0.2, 0.25) is 0 Å². The van der Waals surface area contributed by atoms with Gasteiger partial charge in [0.15, 0.2) is 17.5 Å². The van der Waals surface area contributed by atoms with Crippen LogP contribution in [0.25, 0.3) is 123 Å². The number of benzene rings is 9. The summed E-state index contributed by atoms with van der Waals surface area (Å²) in [7, 11) is 0. The first-order chi connectivity index (χ1) is 30.7. The molecule has 3 heterocycles. The first-order valence-electron chi connectivity index (χ1n) is 20.7. The molecule has 12 rings (SSSR count). The van der Waals surface area contributed by atoms with Gasteiger partial charge in [0.2, 0.25) is 0 Å². The van der Waals surface area contributed by atoms with Crippen molar-refractivity contribution < 1.29 is 8.83 Å². The molecule has 62 heavy (non-hydrogen) atoms. The molecule has 0 saturated heterocycles. The van der Waals surface area contributed by atoms with E-state index >= 15 is 0 Å². The van der Waals surface area contributed by atoms with E-state index in [1.165, 1.54) is 0 Å². The molecule has 5 nitrogen and oxygen atoms in total. The van der Waals surface area contributed by atoms with Gasteiger partial charge in [-0.25, -0.2) is 15.0 Å². The fourth-order valence-corrected chi connectivity index (χ4v) is 8.60. The highest BCUT2D eigenvalue weighted by molar-refractivity contribution is 6.07. The number of furan rings is 2. The van der Waals surface area contributed by atoms with Crippen molar-refractivity contribution in [1.29, 1.82) is 0 Å². The Morgan fingerprint density at radius 1 is 0.210 bits per heavy atom. The average Bonchev–Trinajstić information content (AvgIpc) is 3.92. The van der Waals surface area contributed by atoms with Gasteiger partial charge in [-0.15, -0.1) is 0 Å². The van der Waals surface area contributed by atoms with Crippen molar-refractivity contribution in [3.8, 4) is 78.7 Å². The normalized spacial score (nSPS) is 11.5. The molecule has 0 radical (unpaired) electrons. The number of nitrogens with zero attached hydrogens (tertiary/aromatic N) is 3. The Bertz CT molecular complexity index is 3410. The van der Waals surface area contributed by atoms with Gasteiger partial charge in [-0.1, -0.05) is 146 Å². The lowest BCUT2D eigenvalue weighted by molar-refractivity contribution is 0.668. The van der Waals surface area contributed by atoms with Gasteiger partial charge >= 0.3 is 0 Å². The molecule has 0 N–H and O–H groups in total. The molecule has 0 unspecified atom stereocenters. The summed E-state index contributed by atoms with van der Waals surface area (Å²) >= 11 is 0. The summed E-state index contributed by atoms with van der Waals surface area (Å²) in [5, 5.41) is 4.46. The van der Waals surface area contributed by atoms with E-state index in [1.54, 1.807) is 0 Å². The van der Waals surface area contributed by atoms with E-state index in [0.29, 0.717) is 17.5 Å². The third-order valence-corrected chi connectivity index (χ3v) is 11.7. The Labute approximate surface area is 357 Å². The molecule has 0 aliphatic heterocycles. The van der Waals surface area contributed by atoms with E-state index in [1.807, 2.05) is 84.9 Å². The van der Waals surface area contributed by atoms with Crippen LogP contribution in [0.3, 0.4) is 0 Å².